The average molecular weight is 291 g/mol. The third-order valence-corrected chi connectivity index (χ3v) is 4.79. The molecule has 2 N–H and O–H groups in total. The summed E-state index contributed by atoms with van der Waals surface area (Å²) in [5, 5.41) is 13.4. The van der Waals surface area contributed by atoms with Gasteiger partial charge >= 0.3 is 0 Å². The van der Waals surface area contributed by atoms with Crippen molar-refractivity contribution in [1.29, 1.82) is 0 Å². The molecule has 0 amide bonds. The Bertz CT molecular complexity index is 453. The first kappa shape index (κ1) is 14.7. The predicted octanol–water partition coefficient (Wildman–Crippen LogP) is 2.48. The number of hydrogen-bond acceptors (Lipinski definition) is 5. The van der Waals surface area contributed by atoms with E-state index in [0.29, 0.717) is 5.92 Å². The van der Waals surface area contributed by atoms with Crippen LogP contribution in [0.5, 0.6) is 0 Å². The maximum atomic E-state index is 9.88. The minimum absolute atomic E-state index is 0.166. The Balaban J connectivity index is 1.74. The van der Waals surface area contributed by atoms with Crippen molar-refractivity contribution >= 4 is 5.82 Å². The molecule has 0 unspecified atom stereocenters. The van der Waals surface area contributed by atoms with E-state index < -0.39 is 0 Å². The lowest BCUT2D eigenvalue weighted by Crippen LogP contribution is -2.42. The number of hydrogen-bond donors (Lipinski definition) is 2. The minimum atomic E-state index is -0.214. The molecule has 5 heteroatoms. The van der Waals surface area contributed by atoms with Crippen LogP contribution in [-0.2, 0) is 4.74 Å². The van der Waals surface area contributed by atoms with Crippen molar-refractivity contribution < 1.29 is 9.84 Å². The molecule has 2 aliphatic rings. The van der Waals surface area contributed by atoms with Crippen molar-refractivity contribution in [2.24, 2.45) is 0 Å². The summed E-state index contributed by atoms with van der Waals surface area (Å²) in [6, 6.07) is 2.03. The van der Waals surface area contributed by atoms with Crippen LogP contribution in [0.15, 0.2) is 12.4 Å². The van der Waals surface area contributed by atoms with Crippen molar-refractivity contribution in [3.8, 4) is 0 Å². The van der Waals surface area contributed by atoms with Crippen LogP contribution in [-0.4, -0.2) is 40.4 Å². The molecule has 1 saturated carbocycles. The molecule has 2 heterocycles. The summed E-state index contributed by atoms with van der Waals surface area (Å²) in [6.45, 7) is 1.73. The monoisotopic (exact) mass is 291 g/mol. The SMILES string of the molecule is OCC1(Nc2cc([C@@H]3CCOC3)ncn2)CCCCCC1. The quantitative estimate of drug-likeness (QED) is 0.834. The van der Waals surface area contributed by atoms with Gasteiger partial charge in [0.2, 0.25) is 0 Å². The van der Waals surface area contributed by atoms with E-state index in [2.05, 4.69) is 15.3 Å². The molecule has 1 aliphatic heterocycles. The highest BCUT2D eigenvalue weighted by Gasteiger charge is 2.30. The smallest absolute Gasteiger partial charge is 0.130 e. The van der Waals surface area contributed by atoms with Gasteiger partial charge < -0.3 is 15.2 Å². The molecule has 2 fully saturated rings. The second-order valence-electron chi connectivity index (χ2n) is 6.37. The number of ether oxygens (including phenoxy) is 1. The van der Waals surface area contributed by atoms with Crippen molar-refractivity contribution in [3.05, 3.63) is 18.1 Å². The summed E-state index contributed by atoms with van der Waals surface area (Å²) < 4.78 is 5.44. The van der Waals surface area contributed by atoms with Crippen LogP contribution < -0.4 is 5.32 Å². The zero-order valence-electron chi connectivity index (χ0n) is 12.6. The molecule has 1 aromatic heterocycles. The van der Waals surface area contributed by atoms with E-state index in [-0.39, 0.29) is 12.1 Å². The van der Waals surface area contributed by atoms with Crippen LogP contribution in [0.4, 0.5) is 5.82 Å². The summed E-state index contributed by atoms with van der Waals surface area (Å²) in [7, 11) is 0. The first-order chi connectivity index (χ1) is 10.3. The van der Waals surface area contributed by atoms with Crippen molar-refractivity contribution in [2.75, 3.05) is 25.1 Å². The standard InChI is InChI=1S/C16H25N3O2/c20-11-16(6-3-1-2-4-7-16)19-15-9-14(17-12-18-15)13-5-8-21-10-13/h9,12-13,20H,1-8,10-11H2,(H,17,18,19)/t13-/m1/s1. The molecule has 1 aromatic rings. The Hall–Kier alpha value is -1.20. The van der Waals surface area contributed by atoms with Gasteiger partial charge in [0.25, 0.3) is 0 Å². The van der Waals surface area contributed by atoms with Gasteiger partial charge in [0.1, 0.15) is 12.1 Å². The number of rotatable bonds is 4. The number of aromatic nitrogens is 2. The van der Waals surface area contributed by atoms with Crippen LogP contribution >= 0.6 is 0 Å². The molecule has 0 radical (unpaired) electrons. The summed E-state index contributed by atoms with van der Waals surface area (Å²) >= 11 is 0. The summed E-state index contributed by atoms with van der Waals surface area (Å²) in [6.07, 6.45) is 9.53. The lowest BCUT2D eigenvalue weighted by atomic mass is 9.91. The second kappa shape index (κ2) is 6.71. The minimum Gasteiger partial charge on any atom is -0.394 e. The third-order valence-electron chi connectivity index (χ3n) is 4.79. The fourth-order valence-electron chi connectivity index (χ4n) is 3.43. The van der Waals surface area contributed by atoms with E-state index in [1.54, 1.807) is 6.33 Å². The molecular weight excluding hydrogens is 266 g/mol. The fourth-order valence-corrected chi connectivity index (χ4v) is 3.43. The molecule has 0 spiro atoms. The van der Waals surface area contributed by atoms with Gasteiger partial charge in [-0.3, -0.25) is 0 Å². The zero-order valence-corrected chi connectivity index (χ0v) is 12.6. The van der Waals surface area contributed by atoms with Crippen LogP contribution in [0, 0.1) is 0 Å². The van der Waals surface area contributed by atoms with Gasteiger partial charge in [0.15, 0.2) is 0 Å². The van der Waals surface area contributed by atoms with Crippen LogP contribution in [0.2, 0.25) is 0 Å². The molecule has 1 saturated heterocycles. The first-order valence-electron chi connectivity index (χ1n) is 8.10. The summed E-state index contributed by atoms with van der Waals surface area (Å²) in [5.74, 6) is 1.22. The molecule has 21 heavy (non-hydrogen) atoms. The largest absolute Gasteiger partial charge is 0.394 e. The van der Waals surface area contributed by atoms with Gasteiger partial charge in [-0.05, 0) is 19.3 Å². The van der Waals surface area contributed by atoms with Gasteiger partial charge in [-0.2, -0.15) is 0 Å². The molecule has 0 aromatic carbocycles. The fraction of sp³-hybridized carbons (Fsp3) is 0.750. The second-order valence-corrected chi connectivity index (χ2v) is 6.37. The van der Waals surface area contributed by atoms with Gasteiger partial charge in [0, 0.05) is 18.6 Å². The van der Waals surface area contributed by atoms with E-state index in [9.17, 15) is 5.11 Å². The van der Waals surface area contributed by atoms with Gasteiger partial charge in [-0.25, -0.2) is 9.97 Å². The highest BCUT2D eigenvalue weighted by Crippen LogP contribution is 2.31. The average Bonchev–Trinajstić information content (AvgIpc) is 2.96. The molecule has 1 aliphatic carbocycles. The Morgan fingerprint density at radius 1 is 1.24 bits per heavy atom. The number of aliphatic hydroxyl groups excluding tert-OH is 1. The van der Waals surface area contributed by atoms with Crippen molar-refractivity contribution in [2.45, 2.75) is 56.4 Å². The predicted molar refractivity (Wildman–Crippen MR) is 81.4 cm³/mol. The van der Waals surface area contributed by atoms with Crippen molar-refractivity contribution in [1.82, 2.24) is 9.97 Å². The number of nitrogens with zero attached hydrogens (tertiary/aromatic N) is 2. The van der Waals surface area contributed by atoms with Gasteiger partial charge in [-0.15, -0.1) is 0 Å². The van der Waals surface area contributed by atoms with E-state index >= 15 is 0 Å². The van der Waals surface area contributed by atoms with E-state index in [1.807, 2.05) is 6.07 Å². The maximum Gasteiger partial charge on any atom is 0.130 e. The van der Waals surface area contributed by atoms with Crippen LogP contribution in [0.3, 0.4) is 0 Å². The van der Waals surface area contributed by atoms with Gasteiger partial charge in [-0.1, -0.05) is 25.7 Å². The van der Waals surface area contributed by atoms with Gasteiger partial charge in [0.05, 0.1) is 24.4 Å². The lowest BCUT2D eigenvalue weighted by molar-refractivity contribution is 0.193. The Kier molecular flexibility index (Phi) is 4.70. The molecular formula is C16H25N3O2. The molecule has 1 atom stereocenters. The zero-order chi connectivity index (χ0) is 14.5. The Morgan fingerprint density at radius 2 is 2.05 bits per heavy atom. The number of aliphatic hydroxyl groups is 1. The maximum absolute atomic E-state index is 9.88. The molecule has 3 rings (SSSR count). The van der Waals surface area contributed by atoms with E-state index in [4.69, 9.17) is 4.74 Å². The van der Waals surface area contributed by atoms with Crippen LogP contribution in [0.25, 0.3) is 0 Å². The molecule has 5 nitrogen and oxygen atoms in total. The number of nitrogens with one attached hydrogen (secondary N) is 1. The molecule has 116 valence electrons. The summed E-state index contributed by atoms with van der Waals surface area (Å²) in [5.41, 5.74) is 0.834. The third kappa shape index (κ3) is 3.52. The normalized spacial score (nSPS) is 25.5. The highest BCUT2D eigenvalue weighted by molar-refractivity contribution is 5.39. The highest BCUT2D eigenvalue weighted by atomic mass is 16.5. The van der Waals surface area contributed by atoms with Crippen LogP contribution in [0.1, 0.15) is 56.6 Å². The van der Waals surface area contributed by atoms with E-state index in [0.717, 1.165) is 44.0 Å². The number of anilines is 1. The molecule has 0 bridgehead atoms. The Labute approximate surface area is 126 Å². The Morgan fingerprint density at radius 3 is 2.71 bits per heavy atom. The van der Waals surface area contributed by atoms with E-state index in [1.165, 1.54) is 25.7 Å². The van der Waals surface area contributed by atoms with Crippen molar-refractivity contribution in [3.63, 3.8) is 0 Å². The lowest BCUT2D eigenvalue weighted by Gasteiger charge is -2.32. The topological polar surface area (TPSA) is 67.3 Å². The first-order valence-corrected chi connectivity index (χ1v) is 8.10. The summed E-state index contributed by atoms with van der Waals surface area (Å²) in [4.78, 5) is 8.74.